The van der Waals surface area contributed by atoms with Crippen LogP contribution >= 0.6 is 0 Å². The van der Waals surface area contributed by atoms with Gasteiger partial charge in [0.15, 0.2) is 0 Å². The second kappa shape index (κ2) is 7.29. The zero-order chi connectivity index (χ0) is 13.5. The summed E-state index contributed by atoms with van der Waals surface area (Å²) in [5.41, 5.74) is 1.27. The summed E-state index contributed by atoms with van der Waals surface area (Å²) in [7, 11) is 0. The molecule has 19 heavy (non-hydrogen) atoms. The standard InChI is InChI=1S/C16H24N2O/c1-14(15-8-4-2-5-9-15)17-11-10-16(19)18-12-6-3-7-13-18/h2,4-5,8-9,14,17H,3,6-7,10-13H2,1H3. The Morgan fingerprint density at radius 2 is 1.89 bits per heavy atom. The van der Waals surface area contributed by atoms with E-state index < -0.39 is 0 Å². The van der Waals surface area contributed by atoms with Crippen molar-refractivity contribution in [3.63, 3.8) is 0 Å². The Kier molecular flexibility index (Phi) is 5.40. The Morgan fingerprint density at radius 1 is 1.21 bits per heavy atom. The minimum atomic E-state index is 0.299. The lowest BCUT2D eigenvalue weighted by Crippen LogP contribution is -2.37. The van der Waals surface area contributed by atoms with Gasteiger partial charge in [-0.05, 0) is 31.7 Å². The van der Waals surface area contributed by atoms with Crippen molar-refractivity contribution in [2.45, 2.75) is 38.6 Å². The highest BCUT2D eigenvalue weighted by atomic mass is 16.2. The Balaban J connectivity index is 1.69. The largest absolute Gasteiger partial charge is 0.343 e. The number of hydrogen-bond acceptors (Lipinski definition) is 2. The fourth-order valence-corrected chi connectivity index (χ4v) is 2.56. The first-order valence-corrected chi connectivity index (χ1v) is 7.33. The minimum absolute atomic E-state index is 0.299. The van der Waals surface area contributed by atoms with Gasteiger partial charge >= 0.3 is 0 Å². The summed E-state index contributed by atoms with van der Waals surface area (Å²) in [5, 5.41) is 3.42. The highest BCUT2D eigenvalue weighted by Gasteiger charge is 2.16. The van der Waals surface area contributed by atoms with Gasteiger partial charge in [0.1, 0.15) is 0 Å². The lowest BCUT2D eigenvalue weighted by molar-refractivity contribution is -0.132. The molecule has 104 valence electrons. The molecule has 0 spiro atoms. The van der Waals surface area contributed by atoms with E-state index in [9.17, 15) is 4.79 Å². The third-order valence-corrected chi connectivity index (χ3v) is 3.80. The first-order chi connectivity index (χ1) is 9.27. The quantitative estimate of drug-likeness (QED) is 0.883. The first kappa shape index (κ1) is 14.1. The second-order valence-corrected chi connectivity index (χ2v) is 5.28. The Morgan fingerprint density at radius 3 is 2.58 bits per heavy atom. The molecular weight excluding hydrogens is 236 g/mol. The molecule has 0 aromatic heterocycles. The van der Waals surface area contributed by atoms with Crippen molar-refractivity contribution in [1.29, 1.82) is 0 Å². The summed E-state index contributed by atoms with van der Waals surface area (Å²) in [5.74, 6) is 0.299. The van der Waals surface area contributed by atoms with E-state index in [1.54, 1.807) is 0 Å². The van der Waals surface area contributed by atoms with Gasteiger partial charge < -0.3 is 10.2 Å². The maximum absolute atomic E-state index is 12.0. The number of rotatable bonds is 5. The van der Waals surface area contributed by atoms with Crippen molar-refractivity contribution in [3.05, 3.63) is 35.9 Å². The number of amides is 1. The minimum Gasteiger partial charge on any atom is -0.343 e. The molecule has 1 aliphatic heterocycles. The van der Waals surface area contributed by atoms with Gasteiger partial charge in [-0.2, -0.15) is 0 Å². The molecule has 0 radical (unpaired) electrons. The Hall–Kier alpha value is -1.35. The molecule has 1 unspecified atom stereocenters. The fourth-order valence-electron chi connectivity index (χ4n) is 2.56. The predicted molar refractivity (Wildman–Crippen MR) is 77.9 cm³/mol. The summed E-state index contributed by atoms with van der Waals surface area (Å²) >= 11 is 0. The van der Waals surface area contributed by atoms with Crippen molar-refractivity contribution >= 4 is 5.91 Å². The van der Waals surface area contributed by atoms with Gasteiger partial charge in [0.05, 0.1) is 0 Å². The average molecular weight is 260 g/mol. The molecule has 1 aromatic carbocycles. The van der Waals surface area contributed by atoms with Crippen LogP contribution in [-0.4, -0.2) is 30.4 Å². The predicted octanol–water partition coefficient (Wildman–Crippen LogP) is 2.74. The van der Waals surface area contributed by atoms with Crippen LogP contribution in [0.15, 0.2) is 30.3 Å². The molecule has 1 aromatic rings. The van der Waals surface area contributed by atoms with Crippen LogP contribution in [0.25, 0.3) is 0 Å². The molecule has 2 rings (SSSR count). The number of hydrogen-bond donors (Lipinski definition) is 1. The lowest BCUT2D eigenvalue weighted by atomic mass is 10.1. The van der Waals surface area contributed by atoms with Gasteiger partial charge in [-0.1, -0.05) is 30.3 Å². The molecule has 0 saturated carbocycles. The van der Waals surface area contributed by atoms with E-state index >= 15 is 0 Å². The Labute approximate surface area is 116 Å². The van der Waals surface area contributed by atoms with Crippen LogP contribution in [0.4, 0.5) is 0 Å². The monoisotopic (exact) mass is 260 g/mol. The smallest absolute Gasteiger partial charge is 0.223 e. The van der Waals surface area contributed by atoms with E-state index in [2.05, 4.69) is 24.4 Å². The van der Waals surface area contributed by atoms with Crippen molar-refractivity contribution in [1.82, 2.24) is 10.2 Å². The zero-order valence-corrected chi connectivity index (χ0v) is 11.8. The number of carbonyl (C=O) groups is 1. The second-order valence-electron chi connectivity index (χ2n) is 5.28. The van der Waals surface area contributed by atoms with Crippen molar-refractivity contribution in [2.24, 2.45) is 0 Å². The number of piperidine rings is 1. The molecule has 1 amide bonds. The molecular formula is C16H24N2O. The molecule has 1 N–H and O–H groups in total. The number of carbonyl (C=O) groups excluding carboxylic acids is 1. The highest BCUT2D eigenvalue weighted by molar-refractivity contribution is 5.76. The molecule has 1 saturated heterocycles. The topological polar surface area (TPSA) is 32.3 Å². The van der Waals surface area contributed by atoms with Crippen LogP contribution in [0.5, 0.6) is 0 Å². The fraction of sp³-hybridized carbons (Fsp3) is 0.562. The first-order valence-electron chi connectivity index (χ1n) is 7.33. The van der Waals surface area contributed by atoms with E-state index in [1.165, 1.54) is 24.8 Å². The molecule has 3 nitrogen and oxygen atoms in total. The van der Waals surface area contributed by atoms with Crippen LogP contribution in [-0.2, 0) is 4.79 Å². The summed E-state index contributed by atoms with van der Waals surface area (Å²) in [6.07, 6.45) is 4.21. The molecule has 3 heteroatoms. The molecule has 0 bridgehead atoms. The highest BCUT2D eigenvalue weighted by Crippen LogP contribution is 2.12. The van der Waals surface area contributed by atoms with Gasteiger partial charge in [0.2, 0.25) is 5.91 Å². The van der Waals surface area contributed by atoms with Crippen LogP contribution < -0.4 is 5.32 Å². The number of nitrogens with zero attached hydrogens (tertiary/aromatic N) is 1. The van der Waals surface area contributed by atoms with Gasteiger partial charge in [0.25, 0.3) is 0 Å². The van der Waals surface area contributed by atoms with E-state index in [-0.39, 0.29) is 0 Å². The van der Waals surface area contributed by atoms with Crippen molar-refractivity contribution in [3.8, 4) is 0 Å². The van der Waals surface area contributed by atoms with Crippen molar-refractivity contribution in [2.75, 3.05) is 19.6 Å². The maximum atomic E-state index is 12.0. The Bertz CT molecular complexity index is 385. The normalized spacial score (nSPS) is 17.2. The number of likely N-dealkylation sites (tertiary alicyclic amines) is 1. The number of benzene rings is 1. The van der Waals surface area contributed by atoms with Crippen LogP contribution in [0.1, 0.15) is 44.2 Å². The van der Waals surface area contributed by atoms with Crippen LogP contribution in [0, 0.1) is 0 Å². The van der Waals surface area contributed by atoms with E-state index in [4.69, 9.17) is 0 Å². The van der Waals surface area contributed by atoms with Gasteiger partial charge in [0, 0.05) is 32.1 Å². The third-order valence-electron chi connectivity index (χ3n) is 3.80. The summed E-state index contributed by atoms with van der Waals surface area (Å²) in [6, 6.07) is 10.7. The third kappa shape index (κ3) is 4.35. The molecule has 0 aliphatic carbocycles. The molecule has 1 aliphatic rings. The molecule has 1 atom stereocenters. The lowest BCUT2D eigenvalue weighted by Gasteiger charge is -2.27. The van der Waals surface area contributed by atoms with Crippen LogP contribution in [0.2, 0.25) is 0 Å². The molecule has 1 fully saturated rings. The van der Waals surface area contributed by atoms with Gasteiger partial charge in [-0.3, -0.25) is 4.79 Å². The summed E-state index contributed by atoms with van der Waals surface area (Å²) in [6.45, 7) is 4.80. The van der Waals surface area contributed by atoms with Gasteiger partial charge in [-0.15, -0.1) is 0 Å². The van der Waals surface area contributed by atoms with Crippen LogP contribution in [0.3, 0.4) is 0 Å². The van der Waals surface area contributed by atoms with E-state index in [0.29, 0.717) is 18.4 Å². The van der Waals surface area contributed by atoms with Crippen molar-refractivity contribution < 1.29 is 4.79 Å². The SMILES string of the molecule is CC(NCCC(=O)N1CCCCC1)c1ccccc1. The average Bonchev–Trinajstić information content (AvgIpc) is 2.49. The van der Waals surface area contributed by atoms with E-state index in [1.807, 2.05) is 23.1 Å². The summed E-state index contributed by atoms with van der Waals surface area (Å²) in [4.78, 5) is 14.0. The zero-order valence-electron chi connectivity index (χ0n) is 11.8. The van der Waals surface area contributed by atoms with Gasteiger partial charge in [-0.25, -0.2) is 0 Å². The number of nitrogens with one attached hydrogen (secondary N) is 1. The maximum Gasteiger partial charge on any atom is 0.223 e. The molecule has 1 heterocycles. The van der Waals surface area contributed by atoms with E-state index in [0.717, 1.165) is 19.6 Å². The summed E-state index contributed by atoms with van der Waals surface area (Å²) < 4.78 is 0.